The molecule has 0 saturated heterocycles. The molecular weight excluding hydrogens is 533 g/mol. The van der Waals surface area contributed by atoms with Gasteiger partial charge in [-0.2, -0.15) is 13.2 Å². The minimum Gasteiger partial charge on any atom is -0.496 e. The highest BCUT2D eigenvalue weighted by Gasteiger charge is 2.37. The normalized spacial score (nSPS) is 11.7. The van der Waals surface area contributed by atoms with Crippen molar-refractivity contribution in [1.82, 2.24) is 0 Å². The highest BCUT2D eigenvalue weighted by molar-refractivity contribution is 7.93. The summed E-state index contributed by atoms with van der Waals surface area (Å²) in [6.45, 7) is 1.49. The topological polar surface area (TPSA) is 84.9 Å². The van der Waals surface area contributed by atoms with Crippen LogP contribution in [0.1, 0.15) is 12.5 Å². The summed E-state index contributed by atoms with van der Waals surface area (Å²) in [5, 5.41) is 3.57. The average Bonchev–Trinajstić information content (AvgIpc) is 2.91. The highest BCUT2D eigenvalue weighted by Crippen LogP contribution is 2.40. The Morgan fingerprint density at radius 1 is 0.949 bits per heavy atom. The minimum absolute atomic E-state index is 0.154. The number of benzene rings is 4. The molecule has 0 fully saturated rings. The molecule has 0 unspecified atom stereocenters. The van der Waals surface area contributed by atoms with E-state index in [1.165, 1.54) is 18.2 Å². The van der Waals surface area contributed by atoms with E-state index in [0.29, 0.717) is 39.2 Å². The number of nitrogens with one attached hydrogen (secondary N) is 1. The second-order valence-electron chi connectivity index (χ2n) is 8.38. The number of ether oxygens (including phenoxy) is 2. The zero-order valence-electron chi connectivity index (χ0n) is 21.0. The van der Waals surface area contributed by atoms with E-state index in [-0.39, 0.29) is 10.6 Å². The molecule has 0 aliphatic heterocycles. The summed E-state index contributed by atoms with van der Waals surface area (Å²) >= 11 is 0. The zero-order chi connectivity index (χ0) is 28.2. The maximum atomic E-state index is 14.0. The maximum Gasteiger partial charge on any atom is 0.420 e. The van der Waals surface area contributed by atoms with Gasteiger partial charge >= 0.3 is 6.18 Å². The molecule has 7 nitrogen and oxygen atoms in total. The lowest BCUT2D eigenvalue weighted by Gasteiger charge is -2.26. The van der Waals surface area contributed by atoms with Gasteiger partial charge in [-0.25, -0.2) is 8.42 Å². The smallest absolute Gasteiger partial charge is 0.420 e. The molecule has 0 atom stereocenters. The predicted octanol–water partition coefficient (Wildman–Crippen LogP) is 6.10. The van der Waals surface area contributed by atoms with Crippen molar-refractivity contribution in [3.63, 3.8) is 0 Å². The van der Waals surface area contributed by atoms with Crippen molar-refractivity contribution in [2.45, 2.75) is 18.0 Å². The zero-order valence-corrected chi connectivity index (χ0v) is 21.8. The van der Waals surface area contributed by atoms with Gasteiger partial charge in [0.25, 0.3) is 10.0 Å². The van der Waals surface area contributed by atoms with Crippen molar-refractivity contribution in [3.05, 3.63) is 90.5 Å². The van der Waals surface area contributed by atoms with E-state index in [1.807, 2.05) is 6.92 Å². The maximum absolute atomic E-state index is 14.0. The number of halogens is 3. The molecular formula is C28H25F3N2O5S. The number of anilines is 2. The fraction of sp³-hybridized carbons (Fsp3) is 0.179. The van der Waals surface area contributed by atoms with Gasteiger partial charge in [0, 0.05) is 11.1 Å². The van der Waals surface area contributed by atoms with Crippen molar-refractivity contribution in [2.75, 3.05) is 29.9 Å². The second kappa shape index (κ2) is 11.2. The fourth-order valence-electron chi connectivity index (χ4n) is 4.06. The Bertz CT molecular complexity index is 1580. The van der Waals surface area contributed by atoms with Crippen LogP contribution in [0.5, 0.6) is 11.5 Å². The molecule has 11 heteroatoms. The van der Waals surface area contributed by atoms with Crippen molar-refractivity contribution in [2.24, 2.45) is 0 Å². The lowest BCUT2D eigenvalue weighted by atomic mass is 10.1. The Morgan fingerprint density at radius 2 is 1.64 bits per heavy atom. The van der Waals surface area contributed by atoms with E-state index in [4.69, 9.17) is 9.47 Å². The number of methoxy groups -OCH3 is 1. The van der Waals surface area contributed by atoms with Gasteiger partial charge in [-0.05, 0) is 60.8 Å². The van der Waals surface area contributed by atoms with E-state index in [0.717, 1.165) is 13.2 Å². The van der Waals surface area contributed by atoms with Crippen LogP contribution in [0.3, 0.4) is 0 Å². The number of alkyl halides is 3. The first-order valence-electron chi connectivity index (χ1n) is 11.8. The van der Waals surface area contributed by atoms with Gasteiger partial charge in [0.2, 0.25) is 5.91 Å². The van der Waals surface area contributed by atoms with Gasteiger partial charge in [0.05, 0.1) is 29.9 Å². The standard InChI is InChI=1S/C28H25F3N2O5S/c1-3-38-22-14-11-20(12-15-22)32-27(34)18-33(21-13-16-25(37-2)24(17-21)28(29,30)31)39(35,36)26-10-6-8-19-7-4-5-9-23(19)26/h4-17H,3,18H2,1-2H3,(H,32,34). The Balaban J connectivity index is 1.78. The van der Waals surface area contributed by atoms with Gasteiger partial charge in [-0.15, -0.1) is 0 Å². The highest BCUT2D eigenvalue weighted by atomic mass is 32.2. The first-order valence-corrected chi connectivity index (χ1v) is 13.3. The Hall–Kier alpha value is -4.25. The lowest BCUT2D eigenvalue weighted by Crippen LogP contribution is -2.38. The number of hydrogen-bond acceptors (Lipinski definition) is 5. The summed E-state index contributed by atoms with van der Waals surface area (Å²) in [6, 6.07) is 20.5. The summed E-state index contributed by atoms with van der Waals surface area (Å²) in [5.74, 6) is -0.659. The number of carbonyl (C=O) groups is 1. The van der Waals surface area contributed by atoms with Gasteiger partial charge in [-0.3, -0.25) is 9.10 Å². The molecule has 0 heterocycles. The number of carbonyl (C=O) groups excluding carboxylic acids is 1. The average molecular weight is 559 g/mol. The van der Waals surface area contributed by atoms with Crippen molar-refractivity contribution < 1.29 is 35.9 Å². The predicted molar refractivity (Wildman–Crippen MR) is 143 cm³/mol. The summed E-state index contributed by atoms with van der Waals surface area (Å²) in [7, 11) is -3.44. The molecule has 204 valence electrons. The third-order valence-electron chi connectivity index (χ3n) is 5.83. The molecule has 4 aromatic rings. The molecule has 0 bridgehead atoms. The van der Waals surface area contributed by atoms with E-state index in [9.17, 15) is 26.4 Å². The van der Waals surface area contributed by atoms with Crippen LogP contribution < -0.4 is 19.1 Å². The van der Waals surface area contributed by atoms with Crippen LogP contribution in [0.4, 0.5) is 24.5 Å². The number of amides is 1. The summed E-state index contributed by atoms with van der Waals surface area (Å²) in [5.41, 5.74) is -1.16. The third kappa shape index (κ3) is 6.09. The largest absolute Gasteiger partial charge is 0.496 e. The molecule has 0 aromatic heterocycles. The van der Waals surface area contributed by atoms with Gasteiger partial charge in [-0.1, -0.05) is 36.4 Å². The van der Waals surface area contributed by atoms with Crippen LogP contribution >= 0.6 is 0 Å². The minimum atomic E-state index is -4.83. The number of fused-ring (bicyclic) bond motifs is 1. The molecule has 1 amide bonds. The van der Waals surface area contributed by atoms with Crippen LogP contribution in [-0.4, -0.2) is 34.6 Å². The summed E-state index contributed by atoms with van der Waals surface area (Å²) < 4.78 is 80.3. The van der Waals surface area contributed by atoms with Crippen LogP contribution in [0.2, 0.25) is 0 Å². The van der Waals surface area contributed by atoms with Crippen LogP contribution in [0.25, 0.3) is 10.8 Å². The number of nitrogens with zero attached hydrogens (tertiary/aromatic N) is 1. The Morgan fingerprint density at radius 3 is 2.31 bits per heavy atom. The molecule has 0 aliphatic rings. The number of rotatable bonds is 9. The first kappa shape index (κ1) is 27.8. The molecule has 1 N–H and O–H groups in total. The van der Waals surface area contributed by atoms with E-state index < -0.39 is 40.0 Å². The van der Waals surface area contributed by atoms with Crippen LogP contribution in [0.15, 0.2) is 89.8 Å². The van der Waals surface area contributed by atoms with E-state index >= 15 is 0 Å². The lowest BCUT2D eigenvalue weighted by molar-refractivity contribution is -0.138. The molecule has 39 heavy (non-hydrogen) atoms. The SMILES string of the molecule is CCOc1ccc(NC(=O)CN(c2ccc(OC)c(C(F)(F)F)c2)S(=O)(=O)c2cccc3ccccc23)cc1. The third-order valence-corrected chi connectivity index (χ3v) is 7.66. The van der Waals surface area contributed by atoms with E-state index in [2.05, 4.69) is 5.32 Å². The van der Waals surface area contributed by atoms with Crippen molar-refractivity contribution in [3.8, 4) is 11.5 Å². The monoisotopic (exact) mass is 558 g/mol. The molecule has 0 radical (unpaired) electrons. The van der Waals surface area contributed by atoms with Crippen LogP contribution in [-0.2, 0) is 21.0 Å². The fourth-order valence-corrected chi connectivity index (χ4v) is 5.69. The van der Waals surface area contributed by atoms with Crippen molar-refractivity contribution >= 4 is 38.1 Å². The Kier molecular flexibility index (Phi) is 8.01. The van der Waals surface area contributed by atoms with Gasteiger partial charge in [0.1, 0.15) is 18.0 Å². The molecule has 4 aromatic carbocycles. The second-order valence-corrected chi connectivity index (χ2v) is 10.2. The van der Waals surface area contributed by atoms with Crippen molar-refractivity contribution in [1.29, 1.82) is 0 Å². The first-order chi connectivity index (χ1) is 18.5. The number of sulfonamides is 1. The molecule has 0 saturated carbocycles. The van der Waals surface area contributed by atoms with Gasteiger partial charge in [0.15, 0.2) is 0 Å². The van der Waals surface area contributed by atoms with Gasteiger partial charge < -0.3 is 14.8 Å². The molecule has 4 rings (SSSR count). The molecule has 0 aliphatic carbocycles. The summed E-state index contributed by atoms with van der Waals surface area (Å²) in [4.78, 5) is 12.9. The van der Waals surface area contributed by atoms with E-state index in [1.54, 1.807) is 54.6 Å². The summed E-state index contributed by atoms with van der Waals surface area (Å²) in [6.07, 6.45) is -4.83. The van der Waals surface area contributed by atoms with Crippen LogP contribution in [0, 0.1) is 0 Å². The number of hydrogen-bond donors (Lipinski definition) is 1. The molecule has 0 spiro atoms. The Labute approximate surface area is 223 Å². The quantitative estimate of drug-likeness (QED) is 0.268.